The number of aromatic amines is 1. The van der Waals surface area contributed by atoms with E-state index in [0.29, 0.717) is 27.0 Å². The third-order valence-corrected chi connectivity index (χ3v) is 4.08. The number of halogens is 2. The summed E-state index contributed by atoms with van der Waals surface area (Å²) in [4.78, 5) is 12.3. The van der Waals surface area contributed by atoms with Gasteiger partial charge in [-0.1, -0.05) is 35.3 Å². The van der Waals surface area contributed by atoms with Gasteiger partial charge in [-0.15, -0.1) is 0 Å². The smallest absolute Gasteiger partial charge is 0.273 e. The van der Waals surface area contributed by atoms with Crippen LogP contribution in [0.5, 0.6) is 5.75 Å². The molecular formula is C17H13Cl2N3O2. The van der Waals surface area contributed by atoms with Crippen molar-refractivity contribution in [3.8, 4) is 17.0 Å². The molecule has 0 aliphatic rings. The van der Waals surface area contributed by atoms with Gasteiger partial charge in [0.05, 0.1) is 16.4 Å². The summed E-state index contributed by atoms with van der Waals surface area (Å²) in [6.07, 6.45) is 0. The molecule has 3 aromatic rings. The van der Waals surface area contributed by atoms with Gasteiger partial charge in [-0.3, -0.25) is 9.89 Å². The van der Waals surface area contributed by atoms with Gasteiger partial charge >= 0.3 is 0 Å². The number of H-pyrrole nitrogens is 1. The molecule has 3 N–H and O–H groups in total. The Kier molecular flexibility index (Phi) is 4.46. The molecule has 5 nitrogen and oxygen atoms in total. The second-order valence-corrected chi connectivity index (χ2v) is 6.06. The van der Waals surface area contributed by atoms with Crippen molar-refractivity contribution in [3.05, 3.63) is 63.8 Å². The number of nitrogens with zero attached hydrogens (tertiary/aromatic N) is 1. The number of anilines is 1. The summed E-state index contributed by atoms with van der Waals surface area (Å²) in [5.41, 5.74) is 2.39. The monoisotopic (exact) mass is 361 g/mol. The average molecular weight is 362 g/mol. The summed E-state index contributed by atoms with van der Waals surface area (Å²) in [7, 11) is 0. The van der Waals surface area contributed by atoms with E-state index < -0.39 is 5.91 Å². The molecule has 0 radical (unpaired) electrons. The standard InChI is InChI=1S/C17H13Cl2N3O2/c1-9-3-2-4-11(16(9)23)13-8-15(22-21-13)17(24)20-14-7-10(18)5-6-12(14)19/h2-8,23H,1H3,(H,20,24)(H,21,22). The zero-order chi connectivity index (χ0) is 17.3. The molecule has 1 heterocycles. The Morgan fingerprint density at radius 1 is 1.21 bits per heavy atom. The SMILES string of the molecule is Cc1cccc(-c2cc(C(=O)Nc3cc(Cl)ccc3Cl)[nH]n2)c1O. The predicted octanol–water partition coefficient (Wildman–Crippen LogP) is 4.65. The van der Waals surface area contributed by atoms with E-state index in [1.807, 2.05) is 6.07 Å². The lowest BCUT2D eigenvalue weighted by molar-refractivity contribution is 0.102. The molecule has 0 spiro atoms. The first-order valence-electron chi connectivity index (χ1n) is 7.06. The second-order valence-electron chi connectivity index (χ2n) is 5.22. The van der Waals surface area contributed by atoms with E-state index in [1.54, 1.807) is 43.3 Å². The van der Waals surface area contributed by atoms with Crippen molar-refractivity contribution >= 4 is 34.8 Å². The Balaban J connectivity index is 1.86. The van der Waals surface area contributed by atoms with Gasteiger partial charge in [0, 0.05) is 10.6 Å². The van der Waals surface area contributed by atoms with E-state index in [4.69, 9.17) is 23.2 Å². The number of carbonyl (C=O) groups is 1. The summed E-state index contributed by atoms with van der Waals surface area (Å²) in [6.45, 7) is 1.79. The first kappa shape index (κ1) is 16.4. The normalized spacial score (nSPS) is 10.6. The lowest BCUT2D eigenvalue weighted by Gasteiger charge is -2.06. The molecule has 1 aromatic heterocycles. The average Bonchev–Trinajstić information content (AvgIpc) is 3.03. The fourth-order valence-electron chi connectivity index (χ4n) is 2.22. The van der Waals surface area contributed by atoms with Gasteiger partial charge in [-0.05, 0) is 42.8 Å². The summed E-state index contributed by atoms with van der Waals surface area (Å²) >= 11 is 11.9. The maximum absolute atomic E-state index is 12.3. The van der Waals surface area contributed by atoms with E-state index in [1.165, 1.54) is 0 Å². The summed E-state index contributed by atoms with van der Waals surface area (Å²) in [5, 5.41) is 20.4. The Morgan fingerprint density at radius 3 is 2.79 bits per heavy atom. The maximum atomic E-state index is 12.3. The molecule has 24 heavy (non-hydrogen) atoms. The lowest BCUT2D eigenvalue weighted by Crippen LogP contribution is -2.12. The van der Waals surface area contributed by atoms with Crippen LogP contribution < -0.4 is 5.32 Å². The minimum absolute atomic E-state index is 0.133. The number of nitrogens with one attached hydrogen (secondary N) is 2. The van der Waals surface area contributed by atoms with Gasteiger partial charge in [-0.25, -0.2) is 0 Å². The maximum Gasteiger partial charge on any atom is 0.273 e. The number of hydrogen-bond donors (Lipinski definition) is 3. The Bertz CT molecular complexity index is 922. The minimum Gasteiger partial charge on any atom is -0.507 e. The number of aryl methyl sites for hydroxylation is 1. The van der Waals surface area contributed by atoms with Gasteiger partial charge in [0.2, 0.25) is 0 Å². The van der Waals surface area contributed by atoms with E-state index in [9.17, 15) is 9.90 Å². The Labute approximate surface area is 148 Å². The zero-order valence-corrected chi connectivity index (χ0v) is 14.1. The Hall–Kier alpha value is -2.50. The largest absolute Gasteiger partial charge is 0.507 e. The van der Waals surface area contributed by atoms with E-state index >= 15 is 0 Å². The zero-order valence-electron chi connectivity index (χ0n) is 12.6. The van der Waals surface area contributed by atoms with Gasteiger partial charge < -0.3 is 10.4 Å². The highest BCUT2D eigenvalue weighted by Gasteiger charge is 2.15. The molecule has 0 saturated heterocycles. The molecule has 122 valence electrons. The predicted molar refractivity (Wildman–Crippen MR) is 94.8 cm³/mol. The highest BCUT2D eigenvalue weighted by atomic mass is 35.5. The van der Waals surface area contributed by atoms with E-state index in [0.717, 1.165) is 5.56 Å². The van der Waals surface area contributed by atoms with Crippen LogP contribution in [0.1, 0.15) is 16.1 Å². The number of para-hydroxylation sites is 1. The number of amides is 1. The van der Waals surface area contributed by atoms with Crippen molar-refractivity contribution in [2.75, 3.05) is 5.32 Å². The number of hydrogen-bond acceptors (Lipinski definition) is 3. The van der Waals surface area contributed by atoms with Crippen molar-refractivity contribution in [2.45, 2.75) is 6.92 Å². The third kappa shape index (κ3) is 3.22. The van der Waals surface area contributed by atoms with Crippen LogP contribution >= 0.6 is 23.2 Å². The van der Waals surface area contributed by atoms with E-state index in [-0.39, 0.29) is 11.4 Å². The number of phenolic OH excluding ortho intramolecular Hbond substituents is 1. The van der Waals surface area contributed by atoms with Gasteiger partial charge in [0.1, 0.15) is 11.4 Å². The summed E-state index contributed by atoms with van der Waals surface area (Å²) in [5.74, 6) is -0.279. The van der Waals surface area contributed by atoms with Crippen LogP contribution in [0.3, 0.4) is 0 Å². The van der Waals surface area contributed by atoms with Crippen molar-refractivity contribution in [1.82, 2.24) is 10.2 Å². The van der Waals surface area contributed by atoms with Gasteiger partial charge in [0.15, 0.2) is 0 Å². The number of carbonyl (C=O) groups excluding carboxylic acids is 1. The molecule has 0 unspecified atom stereocenters. The Morgan fingerprint density at radius 2 is 2.00 bits per heavy atom. The number of aromatic nitrogens is 2. The van der Waals surface area contributed by atoms with Crippen LogP contribution in [0.25, 0.3) is 11.3 Å². The number of aromatic hydroxyl groups is 1. The molecule has 0 aliphatic carbocycles. The van der Waals surface area contributed by atoms with Crippen LogP contribution in [0.2, 0.25) is 10.0 Å². The fourth-order valence-corrected chi connectivity index (χ4v) is 2.56. The molecule has 3 rings (SSSR count). The van der Waals surface area contributed by atoms with Crippen LogP contribution in [0, 0.1) is 6.92 Å². The van der Waals surface area contributed by atoms with Crippen molar-refractivity contribution in [3.63, 3.8) is 0 Å². The molecule has 1 amide bonds. The minimum atomic E-state index is -0.412. The third-order valence-electron chi connectivity index (χ3n) is 3.51. The van der Waals surface area contributed by atoms with Crippen LogP contribution in [-0.2, 0) is 0 Å². The number of rotatable bonds is 3. The highest BCUT2D eigenvalue weighted by Crippen LogP contribution is 2.31. The molecule has 0 saturated carbocycles. The number of phenols is 1. The van der Waals surface area contributed by atoms with Gasteiger partial charge in [-0.2, -0.15) is 5.10 Å². The van der Waals surface area contributed by atoms with Crippen molar-refractivity contribution in [1.29, 1.82) is 0 Å². The molecule has 7 heteroatoms. The molecule has 0 fully saturated rings. The topological polar surface area (TPSA) is 78.0 Å². The quantitative estimate of drug-likeness (QED) is 0.635. The second kappa shape index (κ2) is 6.55. The van der Waals surface area contributed by atoms with Gasteiger partial charge in [0.25, 0.3) is 5.91 Å². The first-order valence-corrected chi connectivity index (χ1v) is 7.82. The van der Waals surface area contributed by atoms with Crippen molar-refractivity contribution in [2.24, 2.45) is 0 Å². The summed E-state index contributed by atoms with van der Waals surface area (Å²) in [6, 6.07) is 11.7. The molecule has 2 aromatic carbocycles. The lowest BCUT2D eigenvalue weighted by atomic mass is 10.1. The molecule has 0 bridgehead atoms. The van der Waals surface area contributed by atoms with Crippen LogP contribution in [0.4, 0.5) is 5.69 Å². The van der Waals surface area contributed by atoms with Crippen LogP contribution in [0.15, 0.2) is 42.5 Å². The number of benzene rings is 2. The fraction of sp³-hybridized carbons (Fsp3) is 0.0588. The van der Waals surface area contributed by atoms with Crippen molar-refractivity contribution < 1.29 is 9.90 Å². The molecule has 0 atom stereocenters. The molecular weight excluding hydrogens is 349 g/mol. The summed E-state index contributed by atoms with van der Waals surface area (Å²) < 4.78 is 0. The molecule has 0 aliphatic heterocycles. The van der Waals surface area contributed by atoms with E-state index in [2.05, 4.69) is 15.5 Å². The van der Waals surface area contributed by atoms with Crippen LogP contribution in [-0.4, -0.2) is 21.2 Å². The first-order chi connectivity index (χ1) is 11.5. The highest BCUT2D eigenvalue weighted by molar-refractivity contribution is 6.35.